The number of amides is 2. The number of nitrogens with zero attached hydrogens (tertiary/aromatic N) is 1. The molecule has 23 heavy (non-hydrogen) atoms. The highest BCUT2D eigenvalue weighted by Gasteiger charge is 2.17. The summed E-state index contributed by atoms with van der Waals surface area (Å²) >= 11 is 1.53. The van der Waals surface area contributed by atoms with Crippen LogP contribution in [-0.2, 0) is 16.1 Å². The molecule has 0 saturated heterocycles. The molecule has 0 aliphatic heterocycles. The molecule has 124 valence electrons. The smallest absolute Gasteiger partial charge is 0.239 e. The summed E-state index contributed by atoms with van der Waals surface area (Å²) in [6.45, 7) is 3.81. The third-order valence-corrected chi connectivity index (χ3v) is 4.05. The maximum Gasteiger partial charge on any atom is 0.239 e. The minimum absolute atomic E-state index is 0.0175. The van der Waals surface area contributed by atoms with Crippen molar-refractivity contribution in [3.63, 3.8) is 0 Å². The Morgan fingerprint density at radius 3 is 2.83 bits per heavy atom. The normalized spacial score (nSPS) is 12.2. The van der Waals surface area contributed by atoms with E-state index in [9.17, 15) is 9.59 Å². The lowest BCUT2D eigenvalue weighted by molar-refractivity contribution is -0.127. The van der Waals surface area contributed by atoms with Crippen molar-refractivity contribution >= 4 is 23.2 Å². The Balaban J connectivity index is 1.76. The predicted octanol–water partition coefficient (Wildman–Crippen LogP) is 1.12. The Hall–Kier alpha value is -2.19. The van der Waals surface area contributed by atoms with Crippen LogP contribution in [0.25, 0.3) is 10.8 Å². The molecular weight excluding hydrogens is 316 g/mol. The van der Waals surface area contributed by atoms with Crippen LogP contribution in [0, 0.1) is 5.92 Å². The van der Waals surface area contributed by atoms with Crippen LogP contribution in [0.2, 0.25) is 0 Å². The third-order valence-electron chi connectivity index (χ3n) is 3.19. The first-order chi connectivity index (χ1) is 11.0. The van der Waals surface area contributed by atoms with E-state index in [0.717, 1.165) is 4.88 Å². The van der Waals surface area contributed by atoms with Crippen LogP contribution in [0.5, 0.6) is 0 Å². The Labute approximate surface area is 138 Å². The molecule has 0 aliphatic rings. The minimum Gasteiger partial charge on any atom is -0.443 e. The molecule has 0 saturated carbocycles. The molecule has 0 fully saturated rings. The molecule has 0 bridgehead atoms. The fraction of sp³-hybridized carbons (Fsp3) is 0.400. The molecule has 2 aromatic heterocycles. The zero-order valence-electron chi connectivity index (χ0n) is 13.0. The van der Waals surface area contributed by atoms with Crippen molar-refractivity contribution in [1.29, 1.82) is 0 Å². The Kier molecular flexibility index (Phi) is 5.89. The number of aromatic nitrogens is 1. The number of carbonyl (C=O) groups is 2. The highest BCUT2D eigenvalue weighted by Crippen LogP contribution is 2.23. The standard InChI is InChI=1S/C15H20N4O3S/c1-9(2)13(16)14(21)18-7-12(20)17-6-10-8-22-15(19-10)11-4-3-5-23-11/h3-5,8-9,13H,6-7,16H2,1-2H3,(H,17,20)(H,18,21)/t13-/m0/s1. The molecule has 7 nitrogen and oxygen atoms in total. The molecule has 8 heteroatoms. The average Bonchev–Trinajstić information content (AvgIpc) is 3.20. The number of thiophene rings is 1. The van der Waals surface area contributed by atoms with Crippen molar-refractivity contribution in [2.45, 2.75) is 26.4 Å². The van der Waals surface area contributed by atoms with Gasteiger partial charge in [-0.05, 0) is 17.4 Å². The molecule has 0 radical (unpaired) electrons. The van der Waals surface area contributed by atoms with E-state index in [0.29, 0.717) is 11.6 Å². The van der Waals surface area contributed by atoms with E-state index in [1.807, 2.05) is 31.4 Å². The first kappa shape index (κ1) is 17.2. The largest absolute Gasteiger partial charge is 0.443 e. The van der Waals surface area contributed by atoms with Gasteiger partial charge in [0, 0.05) is 0 Å². The fourth-order valence-corrected chi connectivity index (χ4v) is 2.40. The zero-order valence-corrected chi connectivity index (χ0v) is 13.9. The molecule has 0 aromatic carbocycles. The molecule has 0 aliphatic carbocycles. The number of nitrogens with two attached hydrogens (primary N) is 1. The van der Waals surface area contributed by atoms with Gasteiger partial charge in [-0.3, -0.25) is 9.59 Å². The molecule has 2 amide bonds. The summed E-state index contributed by atoms with van der Waals surface area (Å²) in [5.74, 6) is -0.101. The zero-order chi connectivity index (χ0) is 16.8. The van der Waals surface area contributed by atoms with Gasteiger partial charge in [0.05, 0.1) is 29.7 Å². The topological polar surface area (TPSA) is 110 Å². The Bertz CT molecular complexity index is 651. The summed E-state index contributed by atoms with van der Waals surface area (Å²) in [6, 6.07) is 3.20. The van der Waals surface area contributed by atoms with Crippen LogP contribution in [-0.4, -0.2) is 29.4 Å². The minimum atomic E-state index is -0.619. The maximum absolute atomic E-state index is 11.7. The molecule has 2 heterocycles. The van der Waals surface area contributed by atoms with Gasteiger partial charge in [0.25, 0.3) is 0 Å². The van der Waals surface area contributed by atoms with Crippen molar-refractivity contribution in [2.24, 2.45) is 11.7 Å². The molecule has 4 N–H and O–H groups in total. The summed E-state index contributed by atoms with van der Waals surface area (Å²) in [7, 11) is 0. The van der Waals surface area contributed by atoms with E-state index in [1.165, 1.54) is 17.6 Å². The Morgan fingerprint density at radius 1 is 1.39 bits per heavy atom. The second-order valence-corrected chi connectivity index (χ2v) is 6.33. The SMILES string of the molecule is CC(C)[C@H](N)C(=O)NCC(=O)NCc1coc(-c2cccs2)n1. The van der Waals surface area contributed by atoms with E-state index < -0.39 is 6.04 Å². The van der Waals surface area contributed by atoms with Crippen LogP contribution in [0.15, 0.2) is 28.2 Å². The van der Waals surface area contributed by atoms with Crippen LogP contribution < -0.4 is 16.4 Å². The number of hydrogen-bond donors (Lipinski definition) is 3. The second-order valence-electron chi connectivity index (χ2n) is 5.39. The lowest BCUT2D eigenvalue weighted by atomic mass is 10.1. The summed E-state index contributed by atoms with van der Waals surface area (Å²) in [4.78, 5) is 28.6. The molecule has 2 aromatic rings. The van der Waals surface area contributed by atoms with Gasteiger partial charge in [0.2, 0.25) is 17.7 Å². The van der Waals surface area contributed by atoms with Crippen LogP contribution >= 0.6 is 11.3 Å². The number of oxazole rings is 1. The van der Waals surface area contributed by atoms with Crippen LogP contribution in [0.1, 0.15) is 19.5 Å². The average molecular weight is 336 g/mol. The van der Waals surface area contributed by atoms with Crippen molar-refractivity contribution < 1.29 is 14.0 Å². The maximum atomic E-state index is 11.7. The molecule has 0 spiro atoms. The van der Waals surface area contributed by atoms with E-state index >= 15 is 0 Å². The fourth-order valence-electron chi connectivity index (χ4n) is 1.74. The van der Waals surface area contributed by atoms with Gasteiger partial charge in [-0.25, -0.2) is 4.98 Å². The van der Waals surface area contributed by atoms with E-state index in [1.54, 1.807) is 0 Å². The Morgan fingerprint density at radius 2 is 2.17 bits per heavy atom. The lowest BCUT2D eigenvalue weighted by Crippen LogP contribution is -2.47. The summed E-state index contributed by atoms with van der Waals surface area (Å²) < 4.78 is 5.36. The van der Waals surface area contributed by atoms with Crippen molar-refractivity contribution in [3.05, 3.63) is 29.5 Å². The van der Waals surface area contributed by atoms with Gasteiger partial charge in [0.1, 0.15) is 6.26 Å². The third kappa shape index (κ3) is 4.90. The highest BCUT2D eigenvalue weighted by atomic mass is 32.1. The molecule has 2 rings (SSSR count). The van der Waals surface area contributed by atoms with Crippen LogP contribution in [0.4, 0.5) is 0 Å². The first-order valence-corrected chi connectivity index (χ1v) is 8.13. The van der Waals surface area contributed by atoms with Crippen molar-refractivity contribution in [3.8, 4) is 10.8 Å². The van der Waals surface area contributed by atoms with E-state index in [2.05, 4.69) is 15.6 Å². The van der Waals surface area contributed by atoms with E-state index in [4.69, 9.17) is 10.2 Å². The molecular formula is C15H20N4O3S. The van der Waals surface area contributed by atoms with Crippen molar-refractivity contribution in [1.82, 2.24) is 15.6 Å². The highest BCUT2D eigenvalue weighted by molar-refractivity contribution is 7.13. The second kappa shape index (κ2) is 7.89. The lowest BCUT2D eigenvalue weighted by Gasteiger charge is -2.14. The monoisotopic (exact) mass is 336 g/mol. The molecule has 0 unspecified atom stereocenters. The van der Waals surface area contributed by atoms with Gasteiger partial charge in [-0.15, -0.1) is 11.3 Å². The van der Waals surface area contributed by atoms with Crippen molar-refractivity contribution in [2.75, 3.05) is 6.54 Å². The predicted molar refractivity (Wildman–Crippen MR) is 87.5 cm³/mol. The first-order valence-electron chi connectivity index (χ1n) is 7.25. The van der Waals surface area contributed by atoms with Gasteiger partial charge in [-0.1, -0.05) is 19.9 Å². The summed E-state index contributed by atoms with van der Waals surface area (Å²) in [5, 5.41) is 7.11. The molecule has 1 atom stereocenters. The summed E-state index contributed by atoms with van der Waals surface area (Å²) in [5.41, 5.74) is 6.31. The number of rotatable bonds is 7. The number of carbonyl (C=O) groups excluding carboxylic acids is 2. The van der Waals surface area contributed by atoms with Gasteiger partial charge < -0.3 is 20.8 Å². The number of nitrogens with one attached hydrogen (secondary N) is 2. The van der Waals surface area contributed by atoms with Gasteiger partial charge >= 0.3 is 0 Å². The summed E-state index contributed by atoms with van der Waals surface area (Å²) in [6.07, 6.45) is 1.50. The van der Waals surface area contributed by atoms with Gasteiger partial charge in [-0.2, -0.15) is 0 Å². The quantitative estimate of drug-likeness (QED) is 0.702. The van der Waals surface area contributed by atoms with Crippen LogP contribution in [0.3, 0.4) is 0 Å². The number of hydrogen-bond acceptors (Lipinski definition) is 6. The van der Waals surface area contributed by atoms with E-state index in [-0.39, 0.29) is 30.8 Å². The van der Waals surface area contributed by atoms with Gasteiger partial charge in [0.15, 0.2) is 0 Å².